The van der Waals surface area contributed by atoms with Crippen molar-refractivity contribution in [2.45, 2.75) is 19.1 Å². The van der Waals surface area contributed by atoms with Gasteiger partial charge in [0.1, 0.15) is 12.4 Å². The van der Waals surface area contributed by atoms with Gasteiger partial charge in [-0.15, -0.1) is 0 Å². The molecule has 0 aromatic heterocycles. The molecule has 4 aromatic rings. The van der Waals surface area contributed by atoms with Crippen molar-refractivity contribution in [2.24, 2.45) is 5.10 Å². The fourth-order valence-electron chi connectivity index (χ4n) is 3.63. The molecule has 0 heterocycles. The molecule has 6 nitrogen and oxygen atoms in total. The molecule has 0 fully saturated rings. The third-order valence-corrected chi connectivity index (χ3v) is 6.08. The molecule has 2 amide bonds. The van der Waals surface area contributed by atoms with Gasteiger partial charge in [-0.2, -0.15) is 5.10 Å². The maximum atomic E-state index is 12.7. The van der Waals surface area contributed by atoms with E-state index in [1.807, 2.05) is 84.9 Å². The third kappa shape index (κ3) is 7.88. The average Bonchev–Trinajstić information content (AvgIpc) is 2.94. The monoisotopic (exact) mass is 555 g/mol. The first kappa shape index (κ1) is 25.9. The summed E-state index contributed by atoms with van der Waals surface area (Å²) in [5.41, 5.74) is 5.70. The van der Waals surface area contributed by atoms with E-state index < -0.39 is 6.04 Å². The average molecular weight is 556 g/mol. The summed E-state index contributed by atoms with van der Waals surface area (Å²) in [6.07, 6.45) is 1.58. The van der Waals surface area contributed by atoms with Crippen LogP contribution >= 0.6 is 15.9 Å². The van der Waals surface area contributed by atoms with Crippen LogP contribution in [-0.4, -0.2) is 18.0 Å². The van der Waals surface area contributed by atoms with E-state index in [9.17, 15) is 9.59 Å². The molecule has 0 aliphatic carbocycles. The van der Waals surface area contributed by atoms with E-state index in [0.717, 1.165) is 21.2 Å². The highest BCUT2D eigenvalue weighted by atomic mass is 79.9. The molecule has 4 aromatic carbocycles. The molecule has 0 aliphatic rings. The number of carbonyl (C=O) groups is 2. The van der Waals surface area contributed by atoms with Crippen molar-refractivity contribution in [3.05, 3.63) is 136 Å². The highest BCUT2D eigenvalue weighted by Gasteiger charge is 2.19. The van der Waals surface area contributed by atoms with Crippen LogP contribution in [0.3, 0.4) is 0 Å². The summed E-state index contributed by atoms with van der Waals surface area (Å²) in [5.74, 6) is 0.0787. The summed E-state index contributed by atoms with van der Waals surface area (Å²) in [5, 5.41) is 7.09. The molecular formula is C30H26BrN3O3. The number of hydrogen-bond acceptors (Lipinski definition) is 4. The largest absolute Gasteiger partial charge is 0.488 e. The van der Waals surface area contributed by atoms with E-state index in [1.165, 1.54) is 0 Å². The highest BCUT2D eigenvalue weighted by Crippen LogP contribution is 2.20. The normalized spacial score (nSPS) is 11.6. The van der Waals surface area contributed by atoms with Crippen LogP contribution in [0, 0.1) is 0 Å². The van der Waals surface area contributed by atoms with Gasteiger partial charge in [-0.3, -0.25) is 9.59 Å². The molecule has 1 atom stereocenters. The van der Waals surface area contributed by atoms with Gasteiger partial charge in [-0.25, -0.2) is 5.43 Å². The highest BCUT2D eigenvalue weighted by molar-refractivity contribution is 9.10. The fraction of sp³-hybridized carbons (Fsp3) is 0.100. The lowest BCUT2D eigenvalue weighted by atomic mass is 10.0. The van der Waals surface area contributed by atoms with Crippen LogP contribution in [-0.2, 0) is 11.4 Å². The maximum absolute atomic E-state index is 12.7. The second kappa shape index (κ2) is 13.2. The number of hydrogen-bond donors (Lipinski definition) is 2. The Kier molecular flexibility index (Phi) is 9.21. The van der Waals surface area contributed by atoms with E-state index >= 15 is 0 Å². The van der Waals surface area contributed by atoms with Crippen LogP contribution in [0.2, 0.25) is 0 Å². The molecule has 0 aliphatic heterocycles. The zero-order valence-corrected chi connectivity index (χ0v) is 21.6. The van der Waals surface area contributed by atoms with E-state index in [2.05, 4.69) is 31.8 Å². The van der Waals surface area contributed by atoms with Crippen molar-refractivity contribution in [1.82, 2.24) is 10.7 Å². The van der Waals surface area contributed by atoms with Crippen molar-refractivity contribution in [3.63, 3.8) is 0 Å². The lowest BCUT2D eigenvalue weighted by Gasteiger charge is -2.18. The number of para-hydroxylation sites is 1. The lowest BCUT2D eigenvalue weighted by Crippen LogP contribution is -2.32. The molecule has 0 unspecified atom stereocenters. The number of carbonyl (C=O) groups excluding carboxylic acids is 2. The van der Waals surface area contributed by atoms with Gasteiger partial charge in [0.15, 0.2) is 0 Å². The van der Waals surface area contributed by atoms with Gasteiger partial charge in [0, 0.05) is 15.6 Å². The van der Waals surface area contributed by atoms with Gasteiger partial charge in [0.05, 0.1) is 18.7 Å². The molecule has 186 valence electrons. The predicted octanol–water partition coefficient (Wildman–Crippen LogP) is 6.04. The number of rotatable bonds is 10. The summed E-state index contributed by atoms with van der Waals surface area (Å²) >= 11 is 3.43. The van der Waals surface area contributed by atoms with Crippen LogP contribution in [0.15, 0.2) is 119 Å². The Balaban J connectivity index is 1.38. The summed E-state index contributed by atoms with van der Waals surface area (Å²) in [4.78, 5) is 25.5. The third-order valence-electron chi connectivity index (χ3n) is 5.55. The van der Waals surface area contributed by atoms with E-state index in [4.69, 9.17) is 4.74 Å². The Morgan fingerprint density at radius 3 is 2.22 bits per heavy atom. The topological polar surface area (TPSA) is 79.8 Å². The number of amides is 2. The molecule has 2 N–H and O–H groups in total. The molecule has 7 heteroatoms. The van der Waals surface area contributed by atoms with Crippen molar-refractivity contribution in [2.75, 3.05) is 0 Å². The van der Waals surface area contributed by atoms with Crippen LogP contribution in [0.25, 0.3) is 0 Å². The van der Waals surface area contributed by atoms with Crippen LogP contribution in [0.4, 0.5) is 0 Å². The summed E-state index contributed by atoms with van der Waals surface area (Å²) in [6.45, 7) is 0.407. The summed E-state index contributed by atoms with van der Waals surface area (Å²) in [7, 11) is 0. The van der Waals surface area contributed by atoms with Gasteiger partial charge in [-0.1, -0.05) is 88.7 Å². The molecule has 0 radical (unpaired) electrons. The van der Waals surface area contributed by atoms with E-state index in [0.29, 0.717) is 17.9 Å². The maximum Gasteiger partial charge on any atom is 0.251 e. The standard InChI is InChI=1S/C30H26BrN3O3/c31-26-17-15-22(16-18-26)21-37-28-14-8-7-13-25(28)20-32-34-29(35)19-27(23-9-3-1-4-10-23)33-30(36)24-11-5-2-6-12-24/h1-18,20,27H,19,21H2,(H,33,36)(H,34,35)/b32-20-/t27-/m1/s1. The first-order valence-corrected chi connectivity index (χ1v) is 12.6. The minimum absolute atomic E-state index is 0.0294. The quantitative estimate of drug-likeness (QED) is 0.185. The number of benzene rings is 4. The Labute approximate surface area is 224 Å². The SMILES string of the molecule is O=C(C[C@@H](NC(=O)c1ccccc1)c1ccccc1)N/N=C\c1ccccc1OCc1ccc(Br)cc1. The second-order valence-electron chi connectivity index (χ2n) is 8.25. The molecule has 37 heavy (non-hydrogen) atoms. The van der Waals surface area contributed by atoms with Gasteiger partial charge in [0.25, 0.3) is 5.91 Å². The number of nitrogens with zero attached hydrogens (tertiary/aromatic N) is 1. The molecule has 0 saturated heterocycles. The van der Waals surface area contributed by atoms with Crippen LogP contribution in [0.5, 0.6) is 5.75 Å². The summed E-state index contributed by atoms with van der Waals surface area (Å²) in [6, 6.07) is 33.2. The number of nitrogens with one attached hydrogen (secondary N) is 2. The number of halogens is 1. The number of hydrazone groups is 1. The zero-order valence-electron chi connectivity index (χ0n) is 20.0. The van der Waals surface area contributed by atoms with Crippen molar-refractivity contribution >= 4 is 34.0 Å². The molecule has 0 bridgehead atoms. The van der Waals surface area contributed by atoms with E-state index in [1.54, 1.807) is 30.5 Å². The Morgan fingerprint density at radius 1 is 0.838 bits per heavy atom. The molecule has 0 spiro atoms. The van der Waals surface area contributed by atoms with Crippen LogP contribution in [0.1, 0.15) is 39.5 Å². The van der Waals surface area contributed by atoms with Gasteiger partial charge >= 0.3 is 0 Å². The minimum atomic E-state index is -0.509. The predicted molar refractivity (Wildman–Crippen MR) is 148 cm³/mol. The summed E-state index contributed by atoms with van der Waals surface area (Å²) < 4.78 is 6.97. The van der Waals surface area contributed by atoms with Gasteiger partial charge < -0.3 is 10.1 Å². The fourth-order valence-corrected chi connectivity index (χ4v) is 3.90. The first-order valence-electron chi connectivity index (χ1n) is 11.8. The molecule has 0 saturated carbocycles. The van der Waals surface area contributed by atoms with Crippen molar-refractivity contribution < 1.29 is 14.3 Å². The van der Waals surface area contributed by atoms with Gasteiger partial charge in [0.2, 0.25) is 5.91 Å². The lowest BCUT2D eigenvalue weighted by molar-refractivity contribution is -0.121. The van der Waals surface area contributed by atoms with E-state index in [-0.39, 0.29) is 18.2 Å². The minimum Gasteiger partial charge on any atom is -0.488 e. The second-order valence-corrected chi connectivity index (χ2v) is 9.17. The Hall–Kier alpha value is -4.23. The van der Waals surface area contributed by atoms with Crippen LogP contribution < -0.4 is 15.5 Å². The van der Waals surface area contributed by atoms with Crippen molar-refractivity contribution in [3.8, 4) is 5.75 Å². The Morgan fingerprint density at radius 2 is 1.49 bits per heavy atom. The first-order chi connectivity index (χ1) is 18.1. The molecular weight excluding hydrogens is 530 g/mol. The zero-order chi connectivity index (χ0) is 25.9. The van der Waals surface area contributed by atoms with Crippen molar-refractivity contribution in [1.29, 1.82) is 0 Å². The Bertz CT molecular complexity index is 1340. The molecule has 4 rings (SSSR count). The van der Waals surface area contributed by atoms with Gasteiger partial charge in [-0.05, 0) is 47.5 Å². The number of ether oxygens (including phenoxy) is 1. The smallest absolute Gasteiger partial charge is 0.251 e.